The number of rotatable bonds is 27. The average Bonchev–Trinajstić information content (AvgIpc) is 2.80. The van der Waals surface area contributed by atoms with E-state index in [1.54, 1.807) is 0 Å². The van der Waals surface area contributed by atoms with Crippen LogP contribution in [0.5, 0.6) is 0 Å². The zero-order valence-corrected chi connectivity index (χ0v) is 23.4. The first kappa shape index (κ1) is 32.7. The van der Waals surface area contributed by atoms with Gasteiger partial charge in [0, 0.05) is 19.8 Å². The molecule has 0 heterocycles. The lowest BCUT2D eigenvalue weighted by Crippen LogP contribution is -2.27. The maximum atomic E-state index is 6.13. The van der Waals surface area contributed by atoms with Crippen LogP contribution in [-0.2, 0) is 9.47 Å². The summed E-state index contributed by atoms with van der Waals surface area (Å²) in [4.78, 5) is 0. The minimum atomic E-state index is -0.0526. The summed E-state index contributed by atoms with van der Waals surface area (Å²) in [6.45, 7) is 11.6. The van der Waals surface area contributed by atoms with Crippen molar-refractivity contribution in [2.24, 2.45) is 0 Å². The summed E-state index contributed by atoms with van der Waals surface area (Å²) in [5.41, 5.74) is -0.0526. The standard InChI is InChI=1S/C31H62O2/c1-5-7-9-11-13-14-15-16-17-18-19-20-21-22-24-26-29-33-31(3,4)27-30-32-28-25-23-12-10-8-6-2/h16-17H,5-15,18-30H2,1-4H3/b17-16-. The van der Waals surface area contributed by atoms with E-state index in [0.717, 1.165) is 26.2 Å². The molecule has 2 nitrogen and oxygen atoms in total. The first-order valence-corrected chi connectivity index (χ1v) is 15.0. The topological polar surface area (TPSA) is 18.5 Å². The van der Waals surface area contributed by atoms with Crippen LogP contribution < -0.4 is 0 Å². The van der Waals surface area contributed by atoms with Crippen LogP contribution in [0.25, 0.3) is 0 Å². The maximum absolute atomic E-state index is 6.13. The van der Waals surface area contributed by atoms with Gasteiger partial charge in [-0.2, -0.15) is 0 Å². The predicted molar refractivity (Wildman–Crippen MR) is 148 cm³/mol. The normalized spacial score (nSPS) is 12.2. The molecule has 0 rings (SSSR count). The van der Waals surface area contributed by atoms with E-state index in [9.17, 15) is 0 Å². The predicted octanol–water partition coefficient (Wildman–Crippen LogP) is 10.6. The first-order valence-electron chi connectivity index (χ1n) is 15.0. The summed E-state index contributed by atoms with van der Waals surface area (Å²) in [5.74, 6) is 0. The van der Waals surface area contributed by atoms with Crippen LogP contribution >= 0.6 is 0 Å². The van der Waals surface area contributed by atoms with Crippen molar-refractivity contribution in [2.75, 3.05) is 19.8 Å². The Hall–Kier alpha value is -0.340. The molecule has 0 saturated carbocycles. The second-order valence-corrected chi connectivity index (χ2v) is 10.7. The van der Waals surface area contributed by atoms with Crippen molar-refractivity contribution < 1.29 is 9.47 Å². The molecular weight excluding hydrogens is 404 g/mol. The highest BCUT2D eigenvalue weighted by molar-refractivity contribution is 4.81. The molecule has 0 aliphatic rings. The zero-order valence-electron chi connectivity index (χ0n) is 23.4. The Labute approximate surface area is 209 Å². The van der Waals surface area contributed by atoms with Gasteiger partial charge in [0.15, 0.2) is 0 Å². The van der Waals surface area contributed by atoms with Crippen LogP contribution in [0, 0.1) is 0 Å². The molecule has 0 aromatic heterocycles. The van der Waals surface area contributed by atoms with Crippen molar-refractivity contribution >= 4 is 0 Å². The van der Waals surface area contributed by atoms with Gasteiger partial charge >= 0.3 is 0 Å². The number of allylic oxidation sites excluding steroid dienone is 2. The van der Waals surface area contributed by atoms with Crippen molar-refractivity contribution in [1.82, 2.24) is 0 Å². The number of hydrogen-bond donors (Lipinski definition) is 0. The molecule has 0 radical (unpaired) electrons. The van der Waals surface area contributed by atoms with Gasteiger partial charge < -0.3 is 9.47 Å². The van der Waals surface area contributed by atoms with Crippen LogP contribution in [0.2, 0.25) is 0 Å². The van der Waals surface area contributed by atoms with Gasteiger partial charge in [0.1, 0.15) is 0 Å². The second kappa shape index (κ2) is 26.3. The fourth-order valence-corrected chi connectivity index (χ4v) is 4.17. The van der Waals surface area contributed by atoms with Gasteiger partial charge in [-0.05, 0) is 58.8 Å². The Morgan fingerprint density at radius 2 is 0.909 bits per heavy atom. The largest absolute Gasteiger partial charge is 0.381 e. The third-order valence-corrected chi connectivity index (χ3v) is 6.64. The van der Waals surface area contributed by atoms with E-state index in [2.05, 4.69) is 39.8 Å². The molecule has 33 heavy (non-hydrogen) atoms. The summed E-state index contributed by atoms with van der Waals surface area (Å²) in [5, 5.41) is 0. The van der Waals surface area contributed by atoms with E-state index in [-0.39, 0.29) is 5.60 Å². The quantitative estimate of drug-likeness (QED) is 0.0885. The van der Waals surface area contributed by atoms with Crippen molar-refractivity contribution in [3.05, 3.63) is 12.2 Å². The van der Waals surface area contributed by atoms with Gasteiger partial charge in [0.05, 0.1) is 5.60 Å². The lowest BCUT2D eigenvalue weighted by atomic mass is 10.1. The Morgan fingerprint density at radius 1 is 0.485 bits per heavy atom. The Morgan fingerprint density at radius 3 is 1.42 bits per heavy atom. The summed E-state index contributed by atoms with van der Waals surface area (Å²) in [6, 6.07) is 0. The highest BCUT2D eigenvalue weighted by Gasteiger charge is 2.17. The molecule has 0 saturated heterocycles. The molecule has 0 fully saturated rings. The SMILES string of the molecule is CCCCCCCC/C=C\CCCCCCCCOC(C)(C)CCOCCCCCCCC. The van der Waals surface area contributed by atoms with Crippen molar-refractivity contribution in [3.8, 4) is 0 Å². The van der Waals surface area contributed by atoms with E-state index in [4.69, 9.17) is 9.47 Å². The molecule has 0 aromatic rings. The molecule has 0 atom stereocenters. The summed E-state index contributed by atoms with van der Waals surface area (Å²) in [7, 11) is 0. The van der Waals surface area contributed by atoms with Crippen LogP contribution in [0.3, 0.4) is 0 Å². The molecular formula is C31H62O2. The molecule has 0 aliphatic carbocycles. The van der Waals surface area contributed by atoms with Crippen LogP contribution in [0.4, 0.5) is 0 Å². The van der Waals surface area contributed by atoms with Gasteiger partial charge in [-0.15, -0.1) is 0 Å². The van der Waals surface area contributed by atoms with E-state index in [1.165, 1.54) is 128 Å². The number of ether oxygens (including phenoxy) is 2. The van der Waals surface area contributed by atoms with Gasteiger partial charge in [-0.1, -0.05) is 116 Å². The molecule has 0 unspecified atom stereocenters. The summed E-state index contributed by atoms with van der Waals surface area (Å²) >= 11 is 0. The van der Waals surface area contributed by atoms with E-state index >= 15 is 0 Å². The summed E-state index contributed by atoms with van der Waals surface area (Å²) < 4.78 is 12.0. The van der Waals surface area contributed by atoms with E-state index in [0.29, 0.717) is 0 Å². The number of unbranched alkanes of at least 4 members (excludes halogenated alkanes) is 17. The highest BCUT2D eigenvalue weighted by atomic mass is 16.5. The van der Waals surface area contributed by atoms with Gasteiger partial charge in [0.2, 0.25) is 0 Å². The molecule has 198 valence electrons. The van der Waals surface area contributed by atoms with Crippen LogP contribution in [0.1, 0.15) is 163 Å². The smallest absolute Gasteiger partial charge is 0.0648 e. The maximum Gasteiger partial charge on any atom is 0.0648 e. The minimum absolute atomic E-state index is 0.0526. The molecule has 0 bridgehead atoms. The van der Waals surface area contributed by atoms with Crippen LogP contribution in [0.15, 0.2) is 12.2 Å². The fraction of sp³-hybridized carbons (Fsp3) is 0.935. The minimum Gasteiger partial charge on any atom is -0.381 e. The first-order chi connectivity index (χ1) is 16.1. The molecule has 0 aromatic carbocycles. The fourth-order valence-electron chi connectivity index (χ4n) is 4.17. The molecule has 0 amide bonds. The third kappa shape index (κ3) is 27.8. The van der Waals surface area contributed by atoms with Crippen molar-refractivity contribution in [2.45, 2.75) is 168 Å². The molecule has 0 N–H and O–H groups in total. The van der Waals surface area contributed by atoms with E-state index < -0.39 is 0 Å². The monoisotopic (exact) mass is 466 g/mol. The lowest BCUT2D eigenvalue weighted by Gasteiger charge is -2.25. The average molecular weight is 467 g/mol. The third-order valence-electron chi connectivity index (χ3n) is 6.64. The Balaban J connectivity index is 3.32. The van der Waals surface area contributed by atoms with Gasteiger partial charge in [-0.3, -0.25) is 0 Å². The Bertz CT molecular complexity index is 388. The van der Waals surface area contributed by atoms with Crippen molar-refractivity contribution in [1.29, 1.82) is 0 Å². The molecule has 2 heteroatoms. The van der Waals surface area contributed by atoms with Gasteiger partial charge in [0.25, 0.3) is 0 Å². The van der Waals surface area contributed by atoms with Crippen LogP contribution in [-0.4, -0.2) is 25.4 Å². The lowest BCUT2D eigenvalue weighted by molar-refractivity contribution is -0.0422. The number of hydrogen-bond acceptors (Lipinski definition) is 2. The molecule has 0 spiro atoms. The zero-order chi connectivity index (χ0) is 24.3. The Kier molecular flexibility index (Phi) is 26.0. The summed E-state index contributed by atoms with van der Waals surface area (Å²) in [6.07, 6.45) is 32.7. The van der Waals surface area contributed by atoms with Gasteiger partial charge in [-0.25, -0.2) is 0 Å². The highest BCUT2D eigenvalue weighted by Crippen LogP contribution is 2.16. The van der Waals surface area contributed by atoms with E-state index in [1.807, 2.05) is 0 Å². The molecule has 0 aliphatic heterocycles. The second-order valence-electron chi connectivity index (χ2n) is 10.7. The van der Waals surface area contributed by atoms with Crippen molar-refractivity contribution in [3.63, 3.8) is 0 Å².